The summed E-state index contributed by atoms with van der Waals surface area (Å²) >= 11 is 0. The number of amides is 2. The van der Waals surface area contributed by atoms with E-state index in [0.29, 0.717) is 36.2 Å². The van der Waals surface area contributed by atoms with E-state index in [1.54, 1.807) is 11.8 Å². The summed E-state index contributed by atoms with van der Waals surface area (Å²) in [5.41, 5.74) is 1.29. The van der Waals surface area contributed by atoms with Gasteiger partial charge in [-0.15, -0.1) is 0 Å². The van der Waals surface area contributed by atoms with Crippen molar-refractivity contribution in [3.05, 3.63) is 41.1 Å². The monoisotopic (exact) mass is 444 g/mol. The SMILES string of the molecule is Cc1nc(NC2CN(C(=O)Cc3cccc(F)c3F)C2)nc2c1NC(=O)C(C(C)C)N2C. The van der Waals surface area contributed by atoms with E-state index in [1.165, 1.54) is 12.1 Å². The summed E-state index contributed by atoms with van der Waals surface area (Å²) in [5, 5.41) is 6.13. The number of fused-ring (bicyclic) bond motifs is 1. The first-order valence-corrected chi connectivity index (χ1v) is 10.5. The molecule has 0 aliphatic carbocycles. The van der Waals surface area contributed by atoms with Crippen molar-refractivity contribution in [3.8, 4) is 0 Å². The van der Waals surface area contributed by atoms with Crippen LogP contribution in [-0.2, 0) is 16.0 Å². The van der Waals surface area contributed by atoms with Gasteiger partial charge in [-0.3, -0.25) is 9.59 Å². The predicted octanol–water partition coefficient (Wildman–Crippen LogP) is 2.34. The van der Waals surface area contributed by atoms with E-state index in [2.05, 4.69) is 20.6 Å². The van der Waals surface area contributed by atoms with Gasteiger partial charge in [-0.05, 0) is 18.9 Å². The van der Waals surface area contributed by atoms with Crippen molar-refractivity contribution in [1.29, 1.82) is 0 Å². The van der Waals surface area contributed by atoms with Crippen LogP contribution < -0.4 is 15.5 Å². The number of aryl methyl sites for hydroxylation is 1. The molecule has 0 spiro atoms. The number of carbonyl (C=O) groups excluding carboxylic acids is 2. The molecule has 2 aliphatic heterocycles. The first-order chi connectivity index (χ1) is 15.2. The summed E-state index contributed by atoms with van der Waals surface area (Å²) in [6.45, 7) is 6.59. The van der Waals surface area contributed by atoms with Gasteiger partial charge in [-0.1, -0.05) is 26.0 Å². The zero-order chi connectivity index (χ0) is 23.2. The first-order valence-electron chi connectivity index (χ1n) is 10.5. The maximum atomic E-state index is 13.8. The van der Waals surface area contributed by atoms with Crippen molar-refractivity contribution < 1.29 is 18.4 Å². The van der Waals surface area contributed by atoms with E-state index >= 15 is 0 Å². The lowest BCUT2D eigenvalue weighted by molar-refractivity contribution is -0.134. The van der Waals surface area contributed by atoms with Crippen molar-refractivity contribution >= 4 is 29.3 Å². The third kappa shape index (κ3) is 3.96. The fourth-order valence-corrected chi connectivity index (χ4v) is 4.19. The number of hydrogen-bond acceptors (Lipinski definition) is 6. The summed E-state index contributed by atoms with van der Waals surface area (Å²) < 4.78 is 27.2. The normalized spacial score (nSPS) is 18.3. The summed E-state index contributed by atoms with van der Waals surface area (Å²) in [5.74, 6) is -1.12. The van der Waals surface area contributed by atoms with Crippen LogP contribution in [0.3, 0.4) is 0 Å². The van der Waals surface area contributed by atoms with Crippen molar-refractivity contribution in [2.45, 2.75) is 39.3 Å². The number of carbonyl (C=O) groups is 2. The number of benzene rings is 1. The Hall–Kier alpha value is -3.30. The quantitative estimate of drug-likeness (QED) is 0.736. The number of halogens is 2. The van der Waals surface area contributed by atoms with Crippen LogP contribution in [0.25, 0.3) is 0 Å². The molecular weight excluding hydrogens is 418 g/mol. The zero-order valence-electron chi connectivity index (χ0n) is 18.4. The predicted molar refractivity (Wildman–Crippen MR) is 116 cm³/mol. The average molecular weight is 444 g/mol. The molecule has 2 N–H and O–H groups in total. The molecule has 1 saturated heterocycles. The molecule has 3 heterocycles. The number of likely N-dealkylation sites (tertiary alicyclic amines) is 1. The molecule has 1 aromatic carbocycles. The Kier molecular flexibility index (Phi) is 5.70. The minimum atomic E-state index is -0.982. The summed E-state index contributed by atoms with van der Waals surface area (Å²) in [6.07, 6.45) is -0.189. The standard InChI is InChI=1S/C22H26F2N6O2/c1-11(2)19-21(32)27-18-12(3)25-22(28-20(18)29(19)4)26-14-9-30(10-14)16(31)8-13-6-5-7-15(23)17(13)24/h5-7,11,14,19H,8-10H2,1-4H3,(H,27,32)(H,25,26,28). The number of anilines is 3. The van der Waals surface area contributed by atoms with Crippen LogP contribution in [0, 0.1) is 24.5 Å². The highest BCUT2D eigenvalue weighted by molar-refractivity contribution is 6.03. The fraction of sp³-hybridized carbons (Fsp3) is 0.455. The molecular formula is C22H26F2N6O2. The average Bonchev–Trinajstić information content (AvgIpc) is 2.68. The van der Waals surface area contributed by atoms with Gasteiger partial charge in [0, 0.05) is 25.7 Å². The van der Waals surface area contributed by atoms with Crippen molar-refractivity contribution in [2.75, 3.05) is 35.7 Å². The molecule has 0 saturated carbocycles. The summed E-state index contributed by atoms with van der Waals surface area (Å²) in [6, 6.07) is 3.44. The Bertz CT molecular complexity index is 1070. The fourth-order valence-electron chi connectivity index (χ4n) is 4.19. The number of likely N-dealkylation sites (N-methyl/N-ethyl adjacent to an activating group) is 1. The Morgan fingerprint density at radius 1 is 1.28 bits per heavy atom. The minimum Gasteiger partial charge on any atom is -0.348 e. The van der Waals surface area contributed by atoms with E-state index < -0.39 is 11.6 Å². The molecule has 1 aromatic heterocycles. The Morgan fingerprint density at radius 2 is 2.00 bits per heavy atom. The second-order valence-corrected chi connectivity index (χ2v) is 8.65. The molecule has 2 amide bonds. The molecule has 1 unspecified atom stereocenters. The Balaban J connectivity index is 1.40. The highest BCUT2D eigenvalue weighted by Crippen LogP contribution is 2.34. The number of rotatable bonds is 5. The van der Waals surface area contributed by atoms with Crippen LogP contribution in [0.1, 0.15) is 25.1 Å². The highest BCUT2D eigenvalue weighted by Gasteiger charge is 2.36. The van der Waals surface area contributed by atoms with Gasteiger partial charge < -0.3 is 20.4 Å². The Labute approximate surface area is 185 Å². The van der Waals surface area contributed by atoms with Gasteiger partial charge in [0.1, 0.15) is 11.7 Å². The van der Waals surface area contributed by atoms with Crippen LogP contribution in [-0.4, -0.2) is 58.9 Å². The van der Waals surface area contributed by atoms with Gasteiger partial charge in [-0.25, -0.2) is 13.8 Å². The molecule has 10 heteroatoms. The second-order valence-electron chi connectivity index (χ2n) is 8.65. The summed E-state index contributed by atoms with van der Waals surface area (Å²) in [7, 11) is 1.84. The maximum Gasteiger partial charge on any atom is 0.247 e. The number of hydrogen-bond donors (Lipinski definition) is 2. The maximum absolute atomic E-state index is 13.8. The largest absolute Gasteiger partial charge is 0.348 e. The molecule has 2 aliphatic rings. The number of aromatic nitrogens is 2. The van der Waals surface area contributed by atoms with Crippen molar-refractivity contribution in [2.24, 2.45) is 5.92 Å². The van der Waals surface area contributed by atoms with Gasteiger partial charge in [0.25, 0.3) is 0 Å². The molecule has 8 nitrogen and oxygen atoms in total. The van der Waals surface area contributed by atoms with E-state index in [4.69, 9.17) is 0 Å². The van der Waals surface area contributed by atoms with E-state index in [-0.39, 0.29) is 41.8 Å². The second kappa shape index (κ2) is 8.33. The first kappa shape index (κ1) is 21.9. The number of nitrogens with zero attached hydrogens (tertiary/aromatic N) is 4. The molecule has 4 rings (SSSR count). The van der Waals surface area contributed by atoms with Gasteiger partial charge in [-0.2, -0.15) is 4.98 Å². The topological polar surface area (TPSA) is 90.5 Å². The molecule has 0 bridgehead atoms. The van der Waals surface area contributed by atoms with Gasteiger partial charge in [0.15, 0.2) is 17.5 Å². The molecule has 2 aromatic rings. The lowest BCUT2D eigenvalue weighted by Gasteiger charge is -2.40. The molecule has 0 radical (unpaired) electrons. The molecule has 170 valence electrons. The van der Waals surface area contributed by atoms with Crippen LogP contribution in [0.5, 0.6) is 0 Å². The van der Waals surface area contributed by atoms with E-state index in [9.17, 15) is 18.4 Å². The van der Waals surface area contributed by atoms with Gasteiger partial charge in [0.2, 0.25) is 17.8 Å². The Morgan fingerprint density at radius 3 is 2.69 bits per heavy atom. The smallest absolute Gasteiger partial charge is 0.247 e. The third-order valence-corrected chi connectivity index (χ3v) is 5.91. The van der Waals surface area contributed by atoms with Crippen LogP contribution >= 0.6 is 0 Å². The lowest BCUT2D eigenvalue weighted by atomic mass is 9.99. The highest BCUT2D eigenvalue weighted by atomic mass is 19.2. The van der Waals surface area contributed by atoms with Gasteiger partial charge in [0.05, 0.1) is 18.2 Å². The third-order valence-electron chi connectivity index (χ3n) is 5.91. The number of nitrogens with one attached hydrogen (secondary N) is 2. The molecule has 1 fully saturated rings. The van der Waals surface area contributed by atoms with Gasteiger partial charge >= 0.3 is 0 Å². The van der Waals surface area contributed by atoms with E-state index in [0.717, 1.165) is 6.07 Å². The van der Waals surface area contributed by atoms with Crippen LogP contribution in [0.15, 0.2) is 18.2 Å². The van der Waals surface area contributed by atoms with Crippen LogP contribution in [0.4, 0.5) is 26.2 Å². The molecule has 32 heavy (non-hydrogen) atoms. The molecule has 1 atom stereocenters. The minimum absolute atomic E-state index is 0.0462. The summed E-state index contributed by atoms with van der Waals surface area (Å²) in [4.78, 5) is 37.3. The zero-order valence-corrected chi connectivity index (χ0v) is 18.4. The van der Waals surface area contributed by atoms with Crippen molar-refractivity contribution in [3.63, 3.8) is 0 Å². The van der Waals surface area contributed by atoms with Crippen molar-refractivity contribution in [1.82, 2.24) is 14.9 Å². The van der Waals surface area contributed by atoms with E-state index in [1.807, 2.05) is 25.8 Å². The lowest BCUT2D eigenvalue weighted by Crippen LogP contribution is -2.57. The van der Waals surface area contributed by atoms with Crippen LogP contribution in [0.2, 0.25) is 0 Å².